The zero-order chi connectivity index (χ0) is 12.8. The van der Waals surface area contributed by atoms with Gasteiger partial charge in [-0.25, -0.2) is 4.79 Å². The third-order valence-corrected chi connectivity index (χ3v) is 2.13. The van der Waals surface area contributed by atoms with Crippen molar-refractivity contribution in [2.75, 3.05) is 11.9 Å². The number of anilines is 1. The van der Waals surface area contributed by atoms with Crippen molar-refractivity contribution in [3.05, 3.63) is 23.8 Å². The standard InChI is InChI=1S/C11H14N2O4/c12-5-1-2-10(15)13-8-6-7(11(16)17)3-4-9(8)14/h3-4,6,14H,1-2,5,12H2,(H,13,15)(H,16,17). The first-order valence-corrected chi connectivity index (χ1v) is 5.11. The van der Waals surface area contributed by atoms with Crippen LogP contribution in [0, 0.1) is 0 Å². The Morgan fingerprint density at radius 1 is 1.35 bits per heavy atom. The first kappa shape index (κ1) is 13.0. The topological polar surface area (TPSA) is 113 Å². The summed E-state index contributed by atoms with van der Waals surface area (Å²) in [7, 11) is 0. The molecular formula is C11H14N2O4. The van der Waals surface area contributed by atoms with Crippen molar-refractivity contribution >= 4 is 17.6 Å². The van der Waals surface area contributed by atoms with Crippen LogP contribution in [0.15, 0.2) is 18.2 Å². The molecule has 0 saturated heterocycles. The predicted octanol–water partition coefficient (Wildman–Crippen LogP) is 0.768. The van der Waals surface area contributed by atoms with E-state index >= 15 is 0 Å². The molecule has 0 aliphatic rings. The van der Waals surface area contributed by atoms with Crippen molar-refractivity contribution in [1.29, 1.82) is 0 Å². The molecule has 6 heteroatoms. The zero-order valence-electron chi connectivity index (χ0n) is 9.14. The molecule has 0 aliphatic carbocycles. The normalized spacial score (nSPS) is 9.94. The summed E-state index contributed by atoms with van der Waals surface area (Å²) in [5.41, 5.74) is 5.34. The monoisotopic (exact) mass is 238 g/mol. The van der Waals surface area contributed by atoms with Crippen molar-refractivity contribution in [3.8, 4) is 5.75 Å². The minimum Gasteiger partial charge on any atom is -0.506 e. The molecule has 0 atom stereocenters. The maximum Gasteiger partial charge on any atom is 0.335 e. The molecule has 1 aromatic carbocycles. The number of hydrogen-bond acceptors (Lipinski definition) is 4. The van der Waals surface area contributed by atoms with Gasteiger partial charge >= 0.3 is 5.97 Å². The fraction of sp³-hybridized carbons (Fsp3) is 0.273. The van der Waals surface area contributed by atoms with Crippen LogP contribution in [0.1, 0.15) is 23.2 Å². The summed E-state index contributed by atoms with van der Waals surface area (Å²) in [5.74, 6) is -1.60. The van der Waals surface area contributed by atoms with Crippen molar-refractivity contribution in [3.63, 3.8) is 0 Å². The van der Waals surface area contributed by atoms with Gasteiger partial charge in [-0.3, -0.25) is 4.79 Å². The summed E-state index contributed by atoms with van der Waals surface area (Å²) in [5, 5.41) is 20.7. The van der Waals surface area contributed by atoms with Gasteiger partial charge in [-0.05, 0) is 31.2 Å². The van der Waals surface area contributed by atoms with Crippen LogP contribution in [-0.2, 0) is 4.79 Å². The fourth-order valence-electron chi connectivity index (χ4n) is 1.24. The van der Waals surface area contributed by atoms with Gasteiger partial charge in [0.25, 0.3) is 0 Å². The van der Waals surface area contributed by atoms with Gasteiger partial charge in [-0.15, -0.1) is 0 Å². The highest BCUT2D eigenvalue weighted by Gasteiger charge is 2.10. The molecule has 0 spiro atoms. The van der Waals surface area contributed by atoms with Crippen LogP contribution in [0.3, 0.4) is 0 Å². The van der Waals surface area contributed by atoms with Crippen LogP contribution in [0.2, 0.25) is 0 Å². The van der Waals surface area contributed by atoms with Gasteiger partial charge in [0.2, 0.25) is 5.91 Å². The number of carboxylic acids is 1. The molecular weight excluding hydrogens is 224 g/mol. The van der Waals surface area contributed by atoms with Crippen LogP contribution in [0.4, 0.5) is 5.69 Å². The number of phenolic OH excluding ortho intramolecular Hbond substituents is 1. The van der Waals surface area contributed by atoms with Gasteiger partial charge in [0, 0.05) is 6.42 Å². The molecule has 1 rings (SSSR count). The van der Waals surface area contributed by atoms with Crippen LogP contribution >= 0.6 is 0 Å². The third-order valence-electron chi connectivity index (χ3n) is 2.13. The number of phenols is 1. The van der Waals surface area contributed by atoms with Crippen LogP contribution in [0.5, 0.6) is 5.75 Å². The van der Waals surface area contributed by atoms with E-state index in [1.165, 1.54) is 18.2 Å². The Hall–Kier alpha value is -2.08. The molecule has 0 aromatic heterocycles. The van der Waals surface area contributed by atoms with Crippen LogP contribution in [0.25, 0.3) is 0 Å². The second-order valence-corrected chi connectivity index (χ2v) is 3.48. The van der Waals surface area contributed by atoms with Crippen molar-refractivity contribution < 1.29 is 19.8 Å². The number of benzene rings is 1. The number of amides is 1. The Morgan fingerprint density at radius 2 is 2.06 bits per heavy atom. The highest BCUT2D eigenvalue weighted by molar-refractivity contribution is 5.95. The maximum absolute atomic E-state index is 11.4. The first-order chi connectivity index (χ1) is 8.04. The van der Waals surface area contributed by atoms with E-state index in [-0.39, 0.29) is 29.3 Å². The average molecular weight is 238 g/mol. The maximum atomic E-state index is 11.4. The average Bonchev–Trinajstić information content (AvgIpc) is 2.29. The van der Waals surface area contributed by atoms with Crippen molar-refractivity contribution in [2.24, 2.45) is 5.73 Å². The number of carboxylic acid groups (broad SMARTS) is 1. The predicted molar refractivity (Wildman–Crippen MR) is 62.0 cm³/mol. The van der Waals surface area contributed by atoms with E-state index in [4.69, 9.17) is 10.8 Å². The van der Waals surface area contributed by atoms with Gasteiger partial charge in [-0.2, -0.15) is 0 Å². The summed E-state index contributed by atoms with van der Waals surface area (Å²) in [6.07, 6.45) is 0.762. The number of nitrogens with two attached hydrogens (primary N) is 1. The molecule has 1 amide bonds. The fourth-order valence-corrected chi connectivity index (χ4v) is 1.24. The van der Waals surface area contributed by atoms with E-state index in [2.05, 4.69) is 5.32 Å². The minimum atomic E-state index is -1.12. The molecule has 0 fully saturated rings. The van der Waals surface area contributed by atoms with Gasteiger partial charge in [0.1, 0.15) is 5.75 Å². The summed E-state index contributed by atoms with van der Waals surface area (Å²) < 4.78 is 0. The van der Waals surface area contributed by atoms with E-state index in [1.807, 2.05) is 0 Å². The Morgan fingerprint density at radius 3 is 2.65 bits per heavy atom. The number of nitrogens with one attached hydrogen (secondary N) is 1. The SMILES string of the molecule is NCCCC(=O)Nc1cc(C(=O)O)ccc1O. The molecule has 0 saturated carbocycles. The van der Waals surface area contributed by atoms with E-state index in [1.54, 1.807) is 0 Å². The number of carbonyl (C=O) groups excluding carboxylic acids is 1. The lowest BCUT2D eigenvalue weighted by atomic mass is 10.2. The molecule has 0 bridgehead atoms. The summed E-state index contributed by atoms with van der Waals surface area (Å²) in [6, 6.07) is 3.69. The molecule has 0 unspecified atom stereocenters. The highest BCUT2D eigenvalue weighted by atomic mass is 16.4. The zero-order valence-corrected chi connectivity index (χ0v) is 9.14. The quantitative estimate of drug-likeness (QED) is 0.566. The van der Waals surface area contributed by atoms with Crippen LogP contribution in [-0.4, -0.2) is 28.6 Å². The van der Waals surface area contributed by atoms with Gasteiger partial charge in [0.15, 0.2) is 0 Å². The number of carbonyl (C=O) groups is 2. The lowest BCUT2D eigenvalue weighted by molar-refractivity contribution is -0.116. The summed E-state index contributed by atoms with van der Waals surface area (Å²) in [4.78, 5) is 22.1. The molecule has 17 heavy (non-hydrogen) atoms. The van der Waals surface area contributed by atoms with E-state index in [0.29, 0.717) is 13.0 Å². The lowest BCUT2D eigenvalue weighted by Gasteiger charge is -2.07. The van der Waals surface area contributed by atoms with E-state index < -0.39 is 5.97 Å². The van der Waals surface area contributed by atoms with Crippen molar-refractivity contribution in [1.82, 2.24) is 0 Å². The lowest BCUT2D eigenvalue weighted by Crippen LogP contribution is -2.14. The number of hydrogen-bond donors (Lipinski definition) is 4. The first-order valence-electron chi connectivity index (χ1n) is 5.11. The second-order valence-electron chi connectivity index (χ2n) is 3.48. The second kappa shape index (κ2) is 5.86. The largest absolute Gasteiger partial charge is 0.506 e. The number of rotatable bonds is 5. The van der Waals surface area contributed by atoms with E-state index in [0.717, 1.165) is 0 Å². The van der Waals surface area contributed by atoms with Crippen LogP contribution < -0.4 is 11.1 Å². The minimum absolute atomic E-state index is 0.00285. The Balaban J connectivity index is 2.79. The number of aromatic hydroxyl groups is 1. The highest BCUT2D eigenvalue weighted by Crippen LogP contribution is 2.24. The molecule has 0 heterocycles. The molecule has 6 nitrogen and oxygen atoms in total. The molecule has 92 valence electrons. The van der Waals surface area contributed by atoms with Crippen molar-refractivity contribution in [2.45, 2.75) is 12.8 Å². The summed E-state index contributed by atoms with van der Waals surface area (Å²) >= 11 is 0. The van der Waals surface area contributed by atoms with E-state index in [9.17, 15) is 14.7 Å². The molecule has 0 aliphatic heterocycles. The molecule has 5 N–H and O–H groups in total. The Kier molecular flexibility index (Phi) is 4.47. The Labute approximate surface area is 98.1 Å². The smallest absolute Gasteiger partial charge is 0.335 e. The third kappa shape index (κ3) is 3.76. The molecule has 1 aromatic rings. The molecule has 0 radical (unpaired) electrons. The number of aromatic carboxylic acids is 1. The van der Waals surface area contributed by atoms with Gasteiger partial charge in [-0.1, -0.05) is 0 Å². The van der Waals surface area contributed by atoms with Gasteiger partial charge < -0.3 is 21.3 Å². The Bertz CT molecular complexity index is 431. The summed E-state index contributed by atoms with van der Waals surface area (Å²) in [6.45, 7) is 0.397. The van der Waals surface area contributed by atoms with Gasteiger partial charge in [0.05, 0.1) is 11.3 Å².